The summed E-state index contributed by atoms with van der Waals surface area (Å²) in [6.45, 7) is 1.09. The van der Waals surface area contributed by atoms with Crippen LogP contribution in [0.25, 0.3) is 0 Å². The maximum absolute atomic E-state index is 5.46. The van der Waals surface area contributed by atoms with E-state index >= 15 is 0 Å². The Morgan fingerprint density at radius 1 is 1.62 bits per heavy atom. The van der Waals surface area contributed by atoms with Crippen molar-refractivity contribution in [2.45, 2.75) is 19.3 Å². The van der Waals surface area contributed by atoms with E-state index in [2.05, 4.69) is 21.3 Å². The Kier molecular flexibility index (Phi) is 2.35. The summed E-state index contributed by atoms with van der Waals surface area (Å²) in [4.78, 5) is 6.28. The topological polar surface area (TPSA) is 55.0 Å². The molecule has 13 heavy (non-hydrogen) atoms. The van der Waals surface area contributed by atoms with Gasteiger partial charge in [0.15, 0.2) is 0 Å². The van der Waals surface area contributed by atoms with Gasteiger partial charge >= 0.3 is 0 Å². The van der Waals surface area contributed by atoms with Crippen molar-refractivity contribution in [1.82, 2.24) is 9.36 Å². The van der Waals surface area contributed by atoms with Crippen LogP contribution in [0.5, 0.6) is 0 Å². The average molecular weight is 198 g/mol. The summed E-state index contributed by atoms with van der Waals surface area (Å²) in [5, 5.41) is 0.935. The zero-order valence-electron chi connectivity index (χ0n) is 7.73. The maximum atomic E-state index is 5.46. The number of nitrogens with zero attached hydrogens (tertiary/aromatic N) is 3. The van der Waals surface area contributed by atoms with Crippen LogP contribution in [0.2, 0.25) is 0 Å². The Morgan fingerprint density at radius 3 is 2.85 bits per heavy atom. The standard InChI is InChI=1S/C8H14N4S/c1-12(5-6-3-2-4-6)8-10-7(9)11-13-8/h6H,2-5H2,1H3,(H2,9,11). The normalized spacial score (nSPS) is 17.0. The second kappa shape index (κ2) is 3.49. The van der Waals surface area contributed by atoms with Crippen LogP contribution < -0.4 is 10.6 Å². The van der Waals surface area contributed by atoms with Crippen LogP contribution in [0.4, 0.5) is 11.1 Å². The molecule has 0 amide bonds. The molecule has 0 bridgehead atoms. The second-order valence-corrected chi connectivity index (χ2v) is 4.34. The molecule has 2 rings (SSSR count). The summed E-state index contributed by atoms with van der Waals surface area (Å²) in [6.07, 6.45) is 4.11. The molecule has 1 aromatic rings. The molecular weight excluding hydrogens is 184 g/mol. The highest BCUT2D eigenvalue weighted by atomic mass is 32.1. The van der Waals surface area contributed by atoms with E-state index in [9.17, 15) is 0 Å². The lowest BCUT2D eigenvalue weighted by molar-refractivity contribution is 0.321. The minimum absolute atomic E-state index is 0.389. The minimum Gasteiger partial charge on any atom is -0.367 e. The van der Waals surface area contributed by atoms with Crippen LogP contribution in [-0.2, 0) is 0 Å². The average Bonchev–Trinajstić information content (AvgIpc) is 2.44. The van der Waals surface area contributed by atoms with Gasteiger partial charge in [0.1, 0.15) is 0 Å². The summed E-state index contributed by atoms with van der Waals surface area (Å²) in [6, 6.07) is 0. The molecule has 5 heteroatoms. The number of hydrogen-bond acceptors (Lipinski definition) is 5. The van der Waals surface area contributed by atoms with Gasteiger partial charge in [0.2, 0.25) is 11.1 Å². The van der Waals surface area contributed by atoms with Crippen molar-refractivity contribution < 1.29 is 0 Å². The van der Waals surface area contributed by atoms with Crippen LogP contribution >= 0.6 is 11.5 Å². The lowest BCUT2D eigenvalue weighted by atomic mass is 9.85. The number of anilines is 2. The van der Waals surface area contributed by atoms with E-state index in [1.54, 1.807) is 0 Å². The Morgan fingerprint density at radius 2 is 2.38 bits per heavy atom. The second-order valence-electron chi connectivity index (χ2n) is 3.61. The molecule has 1 fully saturated rings. The number of nitrogen functional groups attached to an aromatic ring is 1. The zero-order chi connectivity index (χ0) is 9.26. The zero-order valence-corrected chi connectivity index (χ0v) is 8.55. The molecule has 1 aliphatic rings. The summed E-state index contributed by atoms with van der Waals surface area (Å²) in [5.41, 5.74) is 5.46. The fourth-order valence-electron chi connectivity index (χ4n) is 1.52. The van der Waals surface area contributed by atoms with Crippen molar-refractivity contribution >= 4 is 22.6 Å². The van der Waals surface area contributed by atoms with Crippen molar-refractivity contribution in [3.05, 3.63) is 0 Å². The molecule has 0 aliphatic heterocycles. The first-order valence-electron chi connectivity index (χ1n) is 4.56. The van der Waals surface area contributed by atoms with Crippen LogP contribution in [0.3, 0.4) is 0 Å². The molecule has 0 atom stereocenters. The molecule has 1 aromatic heterocycles. The summed E-state index contributed by atoms with van der Waals surface area (Å²) in [7, 11) is 2.05. The maximum Gasteiger partial charge on any atom is 0.233 e. The van der Waals surface area contributed by atoms with Gasteiger partial charge in [0.05, 0.1) is 0 Å². The van der Waals surface area contributed by atoms with Crippen LogP contribution in [0.15, 0.2) is 0 Å². The number of rotatable bonds is 3. The van der Waals surface area contributed by atoms with Crippen LogP contribution in [-0.4, -0.2) is 22.9 Å². The van der Waals surface area contributed by atoms with Gasteiger partial charge < -0.3 is 10.6 Å². The summed E-state index contributed by atoms with van der Waals surface area (Å²) in [5.74, 6) is 1.25. The Balaban J connectivity index is 1.92. The van der Waals surface area contributed by atoms with Gasteiger partial charge in [-0.25, -0.2) is 0 Å². The van der Waals surface area contributed by atoms with E-state index in [4.69, 9.17) is 5.73 Å². The molecule has 0 unspecified atom stereocenters. The third-order valence-corrected chi connectivity index (χ3v) is 3.36. The SMILES string of the molecule is CN(CC1CCC1)c1nc(N)ns1. The minimum atomic E-state index is 0.389. The summed E-state index contributed by atoms with van der Waals surface area (Å²) < 4.78 is 3.96. The molecular formula is C8H14N4S. The quantitative estimate of drug-likeness (QED) is 0.796. The van der Waals surface area contributed by atoms with E-state index in [1.807, 2.05) is 0 Å². The van der Waals surface area contributed by atoms with Crippen molar-refractivity contribution in [3.8, 4) is 0 Å². The van der Waals surface area contributed by atoms with Gasteiger partial charge in [-0.3, -0.25) is 0 Å². The fourth-order valence-corrected chi connectivity index (χ4v) is 2.09. The highest BCUT2D eigenvalue weighted by Gasteiger charge is 2.20. The van der Waals surface area contributed by atoms with Crippen molar-refractivity contribution in [1.29, 1.82) is 0 Å². The lowest BCUT2D eigenvalue weighted by Crippen LogP contribution is -2.29. The van der Waals surface area contributed by atoms with Gasteiger partial charge in [0.25, 0.3) is 0 Å². The molecule has 4 nitrogen and oxygen atoms in total. The molecule has 1 aliphatic carbocycles. The smallest absolute Gasteiger partial charge is 0.233 e. The molecule has 0 saturated heterocycles. The monoisotopic (exact) mass is 198 g/mol. The Hall–Kier alpha value is -0.840. The largest absolute Gasteiger partial charge is 0.367 e. The van der Waals surface area contributed by atoms with Crippen molar-refractivity contribution in [2.75, 3.05) is 24.2 Å². The third-order valence-electron chi connectivity index (χ3n) is 2.51. The van der Waals surface area contributed by atoms with Crippen molar-refractivity contribution in [3.63, 3.8) is 0 Å². The van der Waals surface area contributed by atoms with E-state index in [0.29, 0.717) is 5.95 Å². The Bertz CT molecular complexity index is 281. The highest BCUT2D eigenvalue weighted by molar-refractivity contribution is 7.09. The predicted molar refractivity (Wildman–Crippen MR) is 54.9 cm³/mol. The molecule has 72 valence electrons. The van der Waals surface area contributed by atoms with Gasteiger partial charge in [-0.2, -0.15) is 9.36 Å². The van der Waals surface area contributed by atoms with Gasteiger partial charge in [-0.05, 0) is 18.8 Å². The first-order valence-corrected chi connectivity index (χ1v) is 5.33. The fraction of sp³-hybridized carbons (Fsp3) is 0.750. The van der Waals surface area contributed by atoms with E-state index in [1.165, 1.54) is 30.8 Å². The van der Waals surface area contributed by atoms with E-state index in [-0.39, 0.29) is 0 Å². The van der Waals surface area contributed by atoms with E-state index in [0.717, 1.165) is 17.6 Å². The summed E-state index contributed by atoms with van der Waals surface area (Å²) >= 11 is 1.37. The van der Waals surface area contributed by atoms with Crippen LogP contribution in [0, 0.1) is 5.92 Å². The van der Waals surface area contributed by atoms with Crippen molar-refractivity contribution in [2.24, 2.45) is 5.92 Å². The number of aromatic nitrogens is 2. The number of nitrogens with two attached hydrogens (primary N) is 1. The van der Waals surface area contributed by atoms with Gasteiger partial charge in [-0.1, -0.05) is 6.42 Å². The molecule has 1 saturated carbocycles. The Labute approximate surface area is 81.9 Å². The van der Waals surface area contributed by atoms with Crippen LogP contribution in [0.1, 0.15) is 19.3 Å². The van der Waals surface area contributed by atoms with Gasteiger partial charge in [-0.15, -0.1) is 0 Å². The molecule has 0 radical (unpaired) electrons. The molecule has 0 aromatic carbocycles. The first-order chi connectivity index (χ1) is 6.25. The predicted octanol–water partition coefficient (Wildman–Crippen LogP) is 1.36. The molecule has 0 spiro atoms. The molecule has 2 N–H and O–H groups in total. The van der Waals surface area contributed by atoms with Gasteiger partial charge in [0, 0.05) is 25.1 Å². The third kappa shape index (κ3) is 1.91. The number of hydrogen-bond donors (Lipinski definition) is 1. The van der Waals surface area contributed by atoms with E-state index < -0.39 is 0 Å². The first kappa shape index (κ1) is 8.74. The lowest BCUT2D eigenvalue weighted by Gasteiger charge is -2.29. The molecule has 1 heterocycles. The highest BCUT2D eigenvalue weighted by Crippen LogP contribution is 2.28.